The summed E-state index contributed by atoms with van der Waals surface area (Å²) in [6, 6.07) is 0. The van der Waals surface area contributed by atoms with E-state index in [1.54, 1.807) is 0 Å². The maximum atomic E-state index is 5.78. The van der Waals surface area contributed by atoms with Gasteiger partial charge in [-0.15, -0.1) is 0 Å². The first-order valence-electron chi connectivity index (χ1n) is 13.7. The largest absolute Gasteiger partial charge is 0.330 e. The van der Waals surface area contributed by atoms with Gasteiger partial charge >= 0.3 is 0 Å². The molecule has 4 heteroatoms. The summed E-state index contributed by atoms with van der Waals surface area (Å²) in [5.41, 5.74) is 5.78. The predicted octanol–water partition coefficient (Wildman–Crippen LogP) is 5.32. The third-order valence-corrected chi connectivity index (χ3v) is 6.80. The number of unbranched alkanes of at least 4 members (excludes halogenated alkanes) is 10. The Morgan fingerprint density at radius 1 is 0.733 bits per heavy atom. The summed E-state index contributed by atoms with van der Waals surface area (Å²) in [5.74, 6) is 0.882. The number of nitrogens with two attached hydrogens (primary N) is 1. The standard InChI is InChI=1S/C26H56N4/c1-2-3-4-5-6-7-8-9-10-11-12-15-26(16-13-18-27)17-20-28-19-14-23-30-24-21-29-22-25-30/h26,28-29H,2-25,27H2,1H3. The molecule has 0 amide bonds. The van der Waals surface area contributed by atoms with E-state index in [4.69, 9.17) is 5.73 Å². The van der Waals surface area contributed by atoms with Gasteiger partial charge in [0.15, 0.2) is 0 Å². The molecule has 30 heavy (non-hydrogen) atoms. The minimum Gasteiger partial charge on any atom is -0.330 e. The van der Waals surface area contributed by atoms with Gasteiger partial charge in [-0.2, -0.15) is 0 Å². The maximum Gasteiger partial charge on any atom is 0.0107 e. The monoisotopic (exact) mass is 424 g/mol. The second-order valence-electron chi connectivity index (χ2n) is 9.61. The maximum absolute atomic E-state index is 5.78. The van der Waals surface area contributed by atoms with E-state index in [9.17, 15) is 0 Å². The van der Waals surface area contributed by atoms with Crippen LogP contribution in [-0.4, -0.2) is 57.3 Å². The molecule has 0 radical (unpaired) electrons. The summed E-state index contributed by atoms with van der Waals surface area (Å²) in [4.78, 5) is 2.59. The first-order chi connectivity index (χ1) is 14.9. The Morgan fingerprint density at radius 3 is 1.97 bits per heavy atom. The van der Waals surface area contributed by atoms with Gasteiger partial charge in [0.1, 0.15) is 0 Å². The first-order valence-corrected chi connectivity index (χ1v) is 13.7. The zero-order valence-electron chi connectivity index (χ0n) is 20.6. The van der Waals surface area contributed by atoms with Crippen molar-refractivity contribution < 1.29 is 0 Å². The van der Waals surface area contributed by atoms with Gasteiger partial charge in [-0.05, 0) is 57.8 Å². The highest BCUT2D eigenvalue weighted by atomic mass is 15.2. The summed E-state index contributed by atoms with van der Waals surface area (Å²) in [5, 5.41) is 7.13. The topological polar surface area (TPSA) is 53.3 Å². The van der Waals surface area contributed by atoms with Crippen molar-refractivity contribution in [2.75, 3.05) is 52.4 Å². The Morgan fingerprint density at radius 2 is 1.33 bits per heavy atom. The molecule has 1 aliphatic heterocycles. The van der Waals surface area contributed by atoms with Crippen LogP contribution < -0.4 is 16.4 Å². The van der Waals surface area contributed by atoms with E-state index in [1.807, 2.05) is 0 Å². The lowest BCUT2D eigenvalue weighted by Gasteiger charge is -2.27. The van der Waals surface area contributed by atoms with Crippen LogP contribution in [0.1, 0.15) is 110 Å². The molecular weight excluding hydrogens is 368 g/mol. The molecule has 1 atom stereocenters. The van der Waals surface area contributed by atoms with Gasteiger partial charge in [0.05, 0.1) is 0 Å². The summed E-state index contributed by atoms with van der Waals surface area (Å²) in [7, 11) is 0. The van der Waals surface area contributed by atoms with Crippen LogP contribution in [0.4, 0.5) is 0 Å². The van der Waals surface area contributed by atoms with Crippen molar-refractivity contribution in [1.82, 2.24) is 15.5 Å². The van der Waals surface area contributed by atoms with E-state index in [0.29, 0.717) is 0 Å². The van der Waals surface area contributed by atoms with Crippen molar-refractivity contribution in [3.05, 3.63) is 0 Å². The van der Waals surface area contributed by atoms with Crippen LogP contribution >= 0.6 is 0 Å². The fourth-order valence-corrected chi connectivity index (χ4v) is 4.73. The fraction of sp³-hybridized carbons (Fsp3) is 1.00. The van der Waals surface area contributed by atoms with E-state index < -0.39 is 0 Å². The molecule has 0 saturated carbocycles. The Balaban J connectivity index is 1.93. The lowest BCUT2D eigenvalue weighted by Crippen LogP contribution is -2.44. The third-order valence-electron chi connectivity index (χ3n) is 6.80. The zero-order valence-corrected chi connectivity index (χ0v) is 20.6. The smallest absolute Gasteiger partial charge is 0.0107 e. The molecule has 180 valence electrons. The summed E-state index contributed by atoms with van der Waals surface area (Å²) in [6.07, 6.45) is 22.4. The van der Waals surface area contributed by atoms with Crippen molar-refractivity contribution in [3.63, 3.8) is 0 Å². The van der Waals surface area contributed by atoms with E-state index in [1.165, 1.54) is 135 Å². The van der Waals surface area contributed by atoms with Crippen LogP contribution in [0, 0.1) is 5.92 Å². The minimum atomic E-state index is 0.854. The summed E-state index contributed by atoms with van der Waals surface area (Å²) >= 11 is 0. The quantitative estimate of drug-likeness (QED) is 0.206. The van der Waals surface area contributed by atoms with Crippen LogP contribution in [0.3, 0.4) is 0 Å². The minimum absolute atomic E-state index is 0.854. The fourth-order valence-electron chi connectivity index (χ4n) is 4.73. The molecule has 4 nitrogen and oxygen atoms in total. The van der Waals surface area contributed by atoms with E-state index in [-0.39, 0.29) is 0 Å². The number of hydrogen-bond donors (Lipinski definition) is 3. The molecule has 0 spiro atoms. The first kappa shape index (κ1) is 27.9. The Kier molecular flexibility index (Phi) is 20.5. The van der Waals surface area contributed by atoms with E-state index >= 15 is 0 Å². The van der Waals surface area contributed by atoms with Gasteiger partial charge in [-0.3, -0.25) is 0 Å². The second-order valence-corrected chi connectivity index (χ2v) is 9.61. The van der Waals surface area contributed by atoms with E-state index in [0.717, 1.165) is 25.6 Å². The van der Waals surface area contributed by atoms with Gasteiger partial charge in [0.2, 0.25) is 0 Å². The highest BCUT2D eigenvalue weighted by Gasteiger charge is 2.10. The SMILES string of the molecule is CCCCCCCCCCCCCC(CCCN)CCNCCCN1CCNCC1. The molecule has 1 fully saturated rings. The molecule has 1 unspecified atom stereocenters. The molecule has 4 N–H and O–H groups in total. The van der Waals surface area contributed by atoms with Crippen molar-refractivity contribution in [3.8, 4) is 0 Å². The molecule has 0 bridgehead atoms. The normalized spacial score (nSPS) is 16.2. The third kappa shape index (κ3) is 17.5. The van der Waals surface area contributed by atoms with Crippen molar-refractivity contribution >= 4 is 0 Å². The van der Waals surface area contributed by atoms with Crippen LogP contribution in [0.15, 0.2) is 0 Å². The van der Waals surface area contributed by atoms with Crippen LogP contribution in [-0.2, 0) is 0 Å². The molecule has 1 aliphatic rings. The van der Waals surface area contributed by atoms with Crippen molar-refractivity contribution in [1.29, 1.82) is 0 Å². The van der Waals surface area contributed by atoms with Crippen molar-refractivity contribution in [2.24, 2.45) is 11.7 Å². The summed E-state index contributed by atoms with van der Waals surface area (Å²) in [6.45, 7) is 11.5. The van der Waals surface area contributed by atoms with Crippen LogP contribution in [0.5, 0.6) is 0 Å². The molecule has 0 aromatic heterocycles. The molecular formula is C26H56N4. The number of hydrogen-bond acceptors (Lipinski definition) is 4. The Hall–Kier alpha value is -0.160. The van der Waals surface area contributed by atoms with Gasteiger partial charge in [0.25, 0.3) is 0 Å². The molecule has 1 heterocycles. The lowest BCUT2D eigenvalue weighted by atomic mass is 9.92. The Bertz CT molecular complexity index is 331. The van der Waals surface area contributed by atoms with Gasteiger partial charge < -0.3 is 21.3 Å². The van der Waals surface area contributed by atoms with Crippen LogP contribution in [0.25, 0.3) is 0 Å². The Labute approximate surface area is 189 Å². The van der Waals surface area contributed by atoms with Gasteiger partial charge in [-0.1, -0.05) is 84.0 Å². The number of piperazine rings is 1. The zero-order chi connectivity index (χ0) is 21.5. The van der Waals surface area contributed by atoms with Crippen LogP contribution in [0.2, 0.25) is 0 Å². The number of nitrogens with zero attached hydrogens (tertiary/aromatic N) is 1. The average molecular weight is 425 g/mol. The molecule has 0 aromatic rings. The highest BCUT2D eigenvalue weighted by molar-refractivity contribution is 4.68. The second kappa shape index (κ2) is 22.0. The molecule has 0 aromatic carbocycles. The molecule has 1 rings (SSSR count). The number of nitrogens with one attached hydrogen (secondary N) is 2. The average Bonchev–Trinajstić information content (AvgIpc) is 2.78. The molecule has 0 aliphatic carbocycles. The lowest BCUT2D eigenvalue weighted by molar-refractivity contribution is 0.237. The predicted molar refractivity (Wildman–Crippen MR) is 134 cm³/mol. The number of rotatable bonds is 22. The van der Waals surface area contributed by atoms with Crippen molar-refractivity contribution in [2.45, 2.75) is 110 Å². The molecule has 1 saturated heterocycles. The van der Waals surface area contributed by atoms with Gasteiger partial charge in [-0.25, -0.2) is 0 Å². The highest BCUT2D eigenvalue weighted by Crippen LogP contribution is 2.20. The van der Waals surface area contributed by atoms with E-state index in [2.05, 4.69) is 22.5 Å². The van der Waals surface area contributed by atoms with Gasteiger partial charge in [0, 0.05) is 26.2 Å². The summed E-state index contributed by atoms with van der Waals surface area (Å²) < 4.78 is 0.